The quantitative estimate of drug-likeness (QED) is 0.792. The SMILES string of the molecule is CC1(C(=O)O)CCN(C(=O)NC2CC(=O)N(C(C)(C)C)C2)C1. The molecule has 2 N–H and O–H groups in total. The number of urea groups is 1. The van der Waals surface area contributed by atoms with Gasteiger partial charge in [-0.05, 0) is 34.1 Å². The summed E-state index contributed by atoms with van der Waals surface area (Å²) in [4.78, 5) is 38.8. The van der Waals surface area contributed by atoms with E-state index in [9.17, 15) is 19.5 Å². The second-order valence-electron chi connectivity index (χ2n) is 7.56. The third-order valence-corrected chi connectivity index (χ3v) is 4.54. The number of amides is 3. The molecule has 0 aromatic carbocycles. The van der Waals surface area contributed by atoms with Crippen LogP contribution in [0.5, 0.6) is 0 Å². The molecule has 22 heavy (non-hydrogen) atoms. The van der Waals surface area contributed by atoms with E-state index in [-0.39, 0.29) is 30.1 Å². The van der Waals surface area contributed by atoms with E-state index in [1.807, 2.05) is 20.8 Å². The zero-order valence-corrected chi connectivity index (χ0v) is 13.7. The van der Waals surface area contributed by atoms with Gasteiger partial charge in [0.25, 0.3) is 0 Å². The Morgan fingerprint density at radius 2 is 2.00 bits per heavy atom. The van der Waals surface area contributed by atoms with Gasteiger partial charge in [0.15, 0.2) is 0 Å². The molecule has 0 aromatic rings. The van der Waals surface area contributed by atoms with Crippen LogP contribution < -0.4 is 5.32 Å². The normalized spacial score (nSPS) is 29.1. The Kier molecular flexibility index (Phi) is 4.10. The summed E-state index contributed by atoms with van der Waals surface area (Å²) in [6.07, 6.45) is 0.751. The van der Waals surface area contributed by atoms with Gasteiger partial charge in [0, 0.05) is 31.6 Å². The number of nitrogens with one attached hydrogen (secondary N) is 1. The molecule has 2 fully saturated rings. The van der Waals surface area contributed by atoms with Crippen LogP contribution in [-0.2, 0) is 9.59 Å². The third-order valence-electron chi connectivity index (χ3n) is 4.54. The van der Waals surface area contributed by atoms with Gasteiger partial charge in [-0.3, -0.25) is 9.59 Å². The molecular weight excluding hydrogens is 286 g/mol. The van der Waals surface area contributed by atoms with Crippen molar-refractivity contribution in [2.45, 2.75) is 52.1 Å². The highest BCUT2D eigenvalue weighted by Crippen LogP contribution is 2.30. The van der Waals surface area contributed by atoms with Gasteiger partial charge in [0.05, 0.1) is 11.5 Å². The summed E-state index contributed by atoms with van der Waals surface area (Å²) in [5.41, 5.74) is -1.13. The predicted molar refractivity (Wildman–Crippen MR) is 80.3 cm³/mol. The van der Waals surface area contributed by atoms with Gasteiger partial charge in [0.1, 0.15) is 0 Å². The Labute approximate surface area is 130 Å². The molecule has 2 atom stereocenters. The summed E-state index contributed by atoms with van der Waals surface area (Å²) in [5.74, 6) is -0.840. The number of likely N-dealkylation sites (tertiary alicyclic amines) is 2. The van der Waals surface area contributed by atoms with Gasteiger partial charge >= 0.3 is 12.0 Å². The molecule has 0 saturated carbocycles. The molecule has 0 spiro atoms. The van der Waals surface area contributed by atoms with E-state index < -0.39 is 11.4 Å². The van der Waals surface area contributed by atoms with Crippen LogP contribution in [0.25, 0.3) is 0 Å². The minimum atomic E-state index is -0.877. The van der Waals surface area contributed by atoms with Gasteiger partial charge in [-0.1, -0.05) is 0 Å². The first kappa shape index (κ1) is 16.6. The van der Waals surface area contributed by atoms with E-state index >= 15 is 0 Å². The van der Waals surface area contributed by atoms with Crippen molar-refractivity contribution < 1.29 is 19.5 Å². The number of hydrogen-bond donors (Lipinski definition) is 2. The van der Waals surface area contributed by atoms with Gasteiger partial charge in [-0.15, -0.1) is 0 Å². The summed E-state index contributed by atoms with van der Waals surface area (Å²) in [5, 5.41) is 12.1. The van der Waals surface area contributed by atoms with Crippen molar-refractivity contribution >= 4 is 17.9 Å². The van der Waals surface area contributed by atoms with Crippen molar-refractivity contribution in [3.8, 4) is 0 Å². The van der Waals surface area contributed by atoms with E-state index in [0.717, 1.165) is 0 Å². The highest BCUT2D eigenvalue weighted by atomic mass is 16.4. The average molecular weight is 311 g/mol. The lowest BCUT2D eigenvalue weighted by molar-refractivity contribution is -0.147. The van der Waals surface area contributed by atoms with Crippen molar-refractivity contribution in [3.05, 3.63) is 0 Å². The second kappa shape index (κ2) is 5.44. The van der Waals surface area contributed by atoms with Crippen LogP contribution in [0.15, 0.2) is 0 Å². The number of carboxylic acids is 1. The fourth-order valence-electron chi connectivity index (χ4n) is 3.03. The first-order chi connectivity index (χ1) is 10.0. The molecular formula is C15H25N3O4. The molecule has 0 radical (unpaired) electrons. The van der Waals surface area contributed by atoms with Crippen LogP contribution in [0.4, 0.5) is 4.79 Å². The minimum absolute atomic E-state index is 0.0367. The number of carboxylic acid groups (broad SMARTS) is 1. The number of hydrogen-bond acceptors (Lipinski definition) is 3. The maximum atomic E-state index is 12.3. The first-order valence-corrected chi connectivity index (χ1v) is 7.62. The summed E-state index contributed by atoms with van der Waals surface area (Å²) < 4.78 is 0. The molecule has 0 aliphatic carbocycles. The topological polar surface area (TPSA) is 90.0 Å². The fourth-order valence-corrected chi connectivity index (χ4v) is 3.03. The van der Waals surface area contributed by atoms with E-state index in [0.29, 0.717) is 25.9 Å². The van der Waals surface area contributed by atoms with Crippen LogP contribution >= 0.6 is 0 Å². The molecule has 2 aliphatic heterocycles. The third kappa shape index (κ3) is 3.18. The van der Waals surface area contributed by atoms with Crippen molar-refractivity contribution in [1.29, 1.82) is 0 Å². The van der Waals surface area contributed by atoms with Crippen molar-refractivity contribution in [3.63, 3.8) is 0 Å². The Hall–Kier alpha value is -1.79. The molecule has 0 bridgehead atoms. The van der Waals surface area contributed by atoms with Crippen molar-refractivity contribution in [2.24, 2.45) is 5.41 Å². The smallest absolute Gasteiger partial charge is 0.317 e. The average Bonchev–Trinajstić information content (AvgIpc) is 2.93. The molecule has 0 aromatic heterocycles. The highest BCUT2D eigenvalue weighted by Gasteiger charge is 2.43. The Balaban J connectivity index is 1.92. The van der Waals surface area contributed by atoms with Gasteiger partial charge in [-0.2, -0.15) is 0 Å². The maximum Gasteiger partial charge on any atom is 0.317 e. The number of rotatable bonds is 2. The molecule has 7 nitrogen and oxygen atoms in total. The molecule has 124 valence electrons. The highest BCUT2D eigenvalue weighted by molar-refractivity contribution is 5.83. The summed E-state index contributed by atoms with van der Waals surface area (Å²) in [6, 6.07) is -0.491. The monoisotopic (exact) mass is 311 g/mol. The number of nitrogens with zero attached hydrogens (tertiary/aromatic N) is 2. The van der Waals surface area contributed by atoms with Crippen molar-refractivity contribution in [1.82, 2.24) is 15.1 Å². The van der Waals surface area contributed by atoms with Crippen LogP contribution in [0.2, 0.25) is 0 Å². The van der Waals surface area contributed by atoms with E-state index in [4.69, 9.17) is 0 Å². The Morgan fingerprint density at radius 3 is 2.45 bits per heavy atom. The summed E-state index contributed by atoms with van der Waals surface area (Å²) in [7, 11) is 0. The lowest BCUT2D eigenvalue weighted by atomic mass is 9.90. The Bertz CT molecular complexity index is 500. The van der Waals surface area contributed by atoms with Gasteiger partial charge in [-0.25, -0.2) is 4.79 Å². The van der Waals surface area contributed by atoms with Crippen LogP contribution in [0, 0.1) is 5.41 Å². The summed E-state index contributed by atoms with van der Waals surface area (Å²) in [6.45, 7) is 8.69. The number of carbonyl (C=O) groups excluding carboxylic acids is 2. The van der Waals surface area contributed by atoms with Crippen LogP contribution in [-0.4, -0.2) is 64.0 Å². The van der Waals surface area contributed by atoms with E-state index in [2.05, 4.69) is 5.32 Å². The summed E-state index contributed by atoms with van der Waals surface area (Å²) >= 11 is 0. The van der Waals surface area contributed by atoms with Crippen LogP contribution in [0.1, 0.15) is 40.5 Å². The minimum Gasteiger partial charge on any atom is -0.481 e. The molecule has 2 unspecified atom stereocenters. The molecule has 2 aliphatic rings. The maximum absolute atomic E-state index is 12.3. The largest absolute Gasteiger partial charge is 0.481 e. The molecule has 7 heteroatoms. The molecule has 2 saturated heterocycles. The molecule has 2 heterocycles. The predicted octanol–water partition coefficient (Wildman–Crippen LogP) is 0.892. The fraction of sp³-hybridized carbons (Fsp3) is 0.800. The molecule has 3 amide bonds. The van der Waals surface area contributed by atoms with E-state index in [1.54, 1.807) is 11.8 Å². The number of aliphatic carboxylic acids is 1. The first-order valence-electron chi connectivity index (χ1n) is 7.62. The van der Waals surface area contributed by atoms with Gasteiger partial charge in [0.2, 0.25) is 5.91 Å². The lowest BCUT2D eigenvalue weighted by Crippen LogP contribution is -2.47. The zero-order chi connectivity index (χ0) is 16.7. The van der Waals surface area contributed by atoms with Crippen molar-refractivity contribution in [2.75, 3.05) is 19.6 Å². The van der Waals surface area contributed by atoms with Crippen LogP contribution in [0.3, 0.4) is 0 Å². The number of carbonyl (C=O) groups is 3. The zero-order valence-electron chi connectivity index (χ0n) is 13.7. The molecule has 2 rings (SSSR count). The standard InChI is InChI=1S/C15H25N3O4/c1-14(2,3)18-8-10(7-11(18)19)16-13(22)17-6-5-15(4,9-17)12(20)21/h10H,5-9H2,1-4H3,(H,16,22)(H,20,21). The van der Waals surface area contributed by atoms with Gasteiger partial charge < -0.3 is 20.2 Å². The lowest BCUT2D eigenvalue weighted by Gasteiger charge is -2.32. The van der Waals surface area contributed by atoms with E-state index in [1.165, 1.54) is 4.90 Å². The Morgan fingerprint density at radius 1 is 1.36 bits per heavy atom. The second-order valence-corrected chi connectivity index (χ2v) is 7.56.